The van der Waals surface area contributed by atoms with Crippen molar-refractivity contribution in [1.82, 2.24) is 14.9 Å². The third kappa shape index (κ3) is 6.79. The summed E-state index contributed by atoms with van der Waals surface area (Å²) in [6.45, 7) is 2.07. The molecule has 4 aromatic rings. The van der Waals surface area contributed by atoms with E-state index in [0.29, 0.717) is 29.5 Å². The second-order valence-corrected chi connectivity index (χ2v) is 9.00. The minimum Gasteiger partial charge on any atom is -0.497 e. The van der Waals surface area contributed by atoms with Gasteiger partial charge in [-0.2, -0.15) is 0 Å². The van der Waals surface area contributed by atoms with Gasteiger partial charge in [-0.05, 0) is 67.8 Å². The number of hydrogen-bond acceptors (Lipinski definition) is 4. The van der Waals surface area contributed by atoms with E-state index in [9.17, 15) is 4.79 Å². The van der Waals surface area contributed by atoms with Gasteiger partial charge in [0, 0.05) is 25.1 Å². The molecule has 0 radical (unpaired) electrons. The number of hydrogen-bond donors (Lipinski definition) is 1. The monoisotopic (exact) mass is 505 g/mol. The number of unbranched alkanes of at least 4 members (excludes halogenated alkanes) is 2. The predicted octanol–water partition coefficient (Wildman–Crippen LogP) is 6.31. The minimum atomic E-state index is -0.0570. The van der Waals surface area contributed by atoms with E-state index < -0.39 is 0 Å². The molecule has 0 saturated heterocycles. The number of fused-ring (bicyclic) bond motifs is 1. The number of benzene rings is 3. The Morgan fingerprint density at radius 1 is 0.944 bits per heavy atom. The van der Waals surface area contributed by atoms with Crippen molar-refractivity contribution in [2.45, 2.75) is 38.6 Å². The first kappa shape index (κ1) is 25.6. The molecule has 1 aromatic heterocycles. The fourth-order valence-corrected chi connectivity index (χ4v) is 4.35. The van der Waals surface area contributed by atoms with Crippen molar-refractivity contribution in [3.8, 4) is 11.5 Å². The first-order valence-electron chi connectivity index (χ1n) is 12.4. The summed E-state index contributed by atoms with van der Waals surface area (Å²) in [7, 11) is 1.61. The fourth-order valence-electron chi connectivity index (χ4n) is 4.16. The molecule has 0 aliphatic carbocycles. The maximum Gasteiger partial charge on any atom is 0.251 e. The van der Waals surface area contributed by atoms with Gasteiger partial charge in [-0.3, -0.25) is 4.79 Å². The zero-order valence-corrected chi connectivity index (χ0v) is 21.3. The summed E-state index contributed by atoms with van der Waals surface area (Å²) in [6, 6.07) is 22.9. The van der Waals surface area contributed by atoms with Gasteiger partial charge in [-0.1, -0.05) is 42.3 Å². The van der Waals surface area contributed by atoms with Crippen LogP contribution in [0.15, 0.2) is 72.8 Å². The summed E-state index contributed by atoms with van der Waals surface area (Å²) >= 11 is 6.19. The molecule has 0 saturated carbocycles. The van der Waals surface area contributed by atoms with Gasteiger partial charge in [0.2, 0.25) is 0 Å². The van der Waals surface area contributed by atoms with Crippen LogP contribution in [0.5, 0.6) is 11.5 Å². The number of halogens is 1. The van der Waals surface area contributed by atoms with Crippen LogP contribution in [0.4, 0.5) is 0 Å². The molecule has 188 valence electrons. The van der Waals surface area contributed by atoms with Gasteiger partial charge in [-0.15, -0.1) is 0 Å². The number of aryl methyl sites for hydroxylation is 2. The average Bonchev–Trinajstić information content (AvgIpc) is 3.26. The topological polar surface area (TPSA) is 65.4 Å². The predicted molar refractivity (Wildman–Crippen MR) is 144 cm³/mol. The van der Waals surface area contributed by atoms with E-state index in [4.69, 9.17) is 26.1 Å². The van der Waals surface area contributed by atoms with E-state index in [1.54, 1.807) is 31.4 Å². The Morgan fingerprint density at radius 3 is 2.53 bits per heavy atom. The summed E-state index contributed by atoms with van der Waals surface area (Å²) < 4.78 is 13.3. The molecule has 1 N–H and O–H groups in total. The van der Waals surface area contributed by atoms with Crippen molar-refractivity contribution in [3.05, 3.63) is 89.2 Å². The summed E-state index contributed by atoms with van der Waals surface area (Å²) in [5, 5.41) is 3.63. The van der Waals surface area contributed by atoms with E-state index in [-0.39, 0.29) is 5.91 Å². The number of para-hydroxylation sites is 3. The van der Waals surface area contributed by atoms with Crippen molar-refractivity contribution in [2.75, 3.05) is 20.3 Å². The third-order valence-electron chi connectivity index (χ3n) is 6.07. The van der Waals surface area contributed by atoms with Gasteiger partial charge in [0.15, 0.2) is 0 Å². The lowest BCUT2D eigenvalue weighted by Gasteiger charge is -2.11. The standard InChI is InChI=1S/C29H32ClN3O3/c1-35-23-17-15-22(16-18-23)29(34)31-19-8-2-3-14-28-32-25-11-5-6-12-26(25)33(28)20-9-21-36-27-13-7-4-10-24(27)30/h4-7,10-13,15-18H,2-3,8-9,14,19-21H2,1H3,(H,31,34). The van der Waals surface area contributed by atoms with Crippen LogP contribution in [-0.4, -0.2) is 35.7 Å². The van der Waals surface area contributed by atoms with Gasteiger partial charge in [0.25, 0.3) is 5.91 Å². The molecule has 0 fully saturated rings. The Balaban J connectivity index is 1.23. The van der Waals surface area contributed by atoms with E-state index in [0.717, 1.165) is 61.3 Å². The number of carbonyl (C=O) groups is 1. The molecule has 0 spiro atoms. The number of aromatic nitrogens is 2. The van der Waals surface area contributed by atoms with Crippen molar-refractivity contribution in [1.29, 1.82) is 0 Å². The fraction of sp³-hybridized carbons (Fsp3) is 0.310. The molecule has 1 amide bonds. The van der Waals surface area contributed by atoms with Gasteiger partial charge in [0.1, 0.15) is 17.3 Å². The molecule has 3 aromatic carbocycles. The normalized spacial score (nSPS) is 10.9. The highest BCUT2D eigenvalue weighted by Gasteiger charge is 2.11. The molecular formula is C29H32ClN3O3. The molecule has 0 bridgehead atoms. The van der Waals surface area contributed by atoms with Crippen molar-refractivity contribution < 1.29 is 14.3 Å². The van der Waals surface area contributed by atoms with Gasteiger partial charge >= 0.3 is 0 Å². The van der Waals surface area contributed by atoms with Gasteiger partial charge in [-0.25, -0.2) is 4.98 Å². The van der Waals surface area contributed by atoms with Crippen LogP contribution in [0.2, 0.25) is 5.02 Å². The molecule has 4 rings (SSSR count). The summed E-state index contributed by atoms with van der Waals surface area (Å²) in [5.41, 5.74) is 2.81. The smallest absolute Gasteiger partial charge is 0.251 e. The van der Waals surface area contributed by atoms with E-state index in [1.807, 2.05) is 30.3 Å². The van der Waals surface area contributed by atoms with Crippen LogP contribution in [0, 0.1) is 0 Å². The molecule has 1 heterocycles. The molecule has 0 unspecified atom stereocenters. The molecule has 0 aliphatic heterocycles. The number of methoxy groups -OCH3 is 1. The molecule has 0 atom stereocenters. The SMILES string of the molecule is COc1ccc(C(=O)NCCCCCc2nc3ccccc3n2CCCOc2ccccc2Cl)cc1. The zero-order chi connectivity index (χ0) is 25.2. The Kier molecular flexibility index (Phi) is 9.22. The number of carbonyl (C=O) groups excluding carboxylic acids is 1. The highest BCUT2D eigenvalue weighted by molar-refractivity contribution is 6.32. The van der Waals surface area contributed by atoms with Crippen molar-refractivity contribution in [2.24, 2.45) is 0 Å². The molecule has 36 heavy (non-hydrogen) atoms. The Hall–Kier alpha value is -3.51. The number of nitrogens with one attached hydrogen (secondary N) is 1. The largest absolute Gasteiger partial charge is 0.497 e. The maximum absolute atomic E-state index is 12.3. The second-order valence-electron chi connectivity index (χ2n) is 8.60. The minimum absolute atomic E-state index is 0.0570. The number of rotatable bonds is 13. The Bertz CT molecular complexity index is 1270. The van der Waals surface area contributed by atoms with Crippen LogP contribution in [0.1, 0.15) is 41.9 Å². The second kappa shape index (κ2) is 13.0. The van der Waals surface area contributed by atoms with E-state index in [1.165, 1.54) is 0 Å². The summed E-state index contributed by atoms with van der Waals surface area (Å²) in [4.78, 5) is 17.2. The Morgan fingerprint density at radius 2 is 1.72 bits per heavy atom. The molecular weight excluding hydrogens is 474 g/mol. The number of imidazole rings is 1. The van der Waals surface area contributed by atoms with Gasteiger partial charge < -0.3 is 19.4 Å². The summed E-state index contributed by atoms with van der Waals surface area (Å²) in [6.07, 6.45) is 4.70. The van der Waals surface area contributed by atoms with Crippen LogP contribution in [-0.2, 0) is 13.0 Å². The first-order valence-corrected chi connectivity index (χ1v) is 12.8. The third-order valence-corrected chi connectivity index (χ3v) is 6.38. The highest BCUT2D eigenvalue weighted by atomic mass is 35.5. The van der Waals surface area contributed by atoms with Crippen LogP contribution in [0.25, 0.3) is 11.0 Å². The molecule has 0 aliphatic rings. The number of amides is 1. The quantitative estimate of drug-likeness (QED) is 0.216. The molecule has 6 nitrogen and oxygen atoms in total. The lowest BCUT2D eigenvalue weighted by molar-refractivity contribution is 0.0953. The van der Waals surface area contributed by atoms with Crippen LogP contribution >= 0.6 is 11.6 Å². The number of nitrogens with zero attached hydrogens (tertiary/aromatic N) is 2. The van der Waals surface area contributed by atoms with Crippen molar-refractivity contribution >= 4 is 28.5 Å². The lowest BCUT2D eigenvalue weighted by atomic mass is 10.1. The van der Waals surface area contributed by atoms with E-state index in [2.05, 4.69) is 28.1 Å². The number of ether oxygens (including phenoxy) is 2. The zero-order valence-electron chi connectivity index (χ0n) is 20.6. The van der Waals surface area contributed by atoms with Crippen LogP contribution in [0.3, 0.4) is 0 Å². The van der Waals surface area contributed by atoms with E-state index >= 15 is 0 Å². The van der Waals surface area contributed by atoms with Crippen molar-refractivity contribution in [3.63, 3.8) is 0 Å². The Labute approximate surface area is 217 Å². The molecule has 7 heteroatoms. The maximum atomic E-state index is 12.3. The van der Waals surface area contributed by atoms with Gasteiger partial charge in [0.05, 0.1) is 29.8 Å². The highest BCUT2D eigenvalue weighted by Crippen LogP contribution is 2.23. The summed E-state index contributed by atoms with van der Waals surface area (Å²) in [5.74, 6) is 2.49. The lowest BCUT2D eigenvalue weighted by Crippen LogP contribution is -2.24. The first-order chi connectivity index (χ1) is 17.7. The van der Waals surface area contributed by atoms with Crippen LogP contribution < -0.4 is 14.8 Å². The average molecular weight is 506 g/mol.